The average molecular weight is 345 g/mol. The number of amides is 1. The van der Waals surface area contributed by atoms with Gasteiger partial charge in [-0.25, -0.2) is 4.98 Å². The Hall–Kier alpha value is -1.31. The fourth-order valence-corrected chi connectivity index (χ4v) is 2.07. The van der Waals surface area contributed by atoms with Crippen molar-refractivity contribution in [3.05, 3.63) is 27.7 Å². The Morgan fingerprint density at radius 2 is 2.24 bits per heavy atom. The van der Waals surface area contributed by atoms with E-state index in [9.17, 15) is 4.79 Å². The third-order valence-electron chi connectivity index (χ3n) is 2.42. The molecular formula is C11H12IN3O2. The summed E-state index contributed by atoms with van der Waals surface area (Å²) in [6.45, 7) is 0. The van der Waals surface area contributed by atoms with Gasteiger partial charge in [0, 0.05) is 26.4 Å². The van der Waals surface area contributed by atoms with Gasteiger partial charge in [-0.2, -0.15) is 0 Å². The molecule has 0 bridgehead atoms. The van der Waals surface area contributed by atoms with Crippen LogP contribution in [0.15, 0.2) is 18.5 Å². The van der Waals surface area contributed by atoms with Crippen molar-refractivity contribution in [2.75, 3.05) is 21.2 Å². The number of imidazole rings is 1. The van der Waals surface area contributed by atoms with Crippen LogP contribution < -0.4 is 4.74 Å². The van der Waals surface area contributed by atoms with Gasteiger partial charge in [0.05, 0.1) is 18.9 Å². The van der Waals surface area contributed by atoms with Gasteiger partial charge in [0.25, 0.3) is 5.91 Å². The second-order valence-corrected chi connectivity index (χ2v) is 4.87. The highest BCUT2D eigenvalue weighted by atomic mass is 127. The molecule has 0 N–H and O–H groups in total. The number of halogens is 1. The van der Waals surface area contributed by atoms with E-state index in [4.69, 9.17) is 4.74 Å². The molecule has 0 atom stereocenters. The second-order valence-electron chi connectivity index (χ2n) is 3.76. The van der Waals surface area contributed by atoms with Gasteiger partial charge in [-0.15, -0.1) is 0 Å². The maximum atomic E-state index is 12.0. The highest BCUT2D eigenvalue weighted by molar-refractivity contribution is 14.1. The Kier molecular flexibility index (Phi) is 3.23. The molecule has 0 spiro atoms. The molecular weight excluding hydrogens is 333 g/mol. The van der Waals surface area contributed by atoms with Crippen LogP contribution in [0.1, 0.15) is 10.4 Å². The average Bonchev–Trinajstić information content (AvgIpc) is 2.68. The molecule has 2 heterocycles. The van der Waals surface area contributed by atoms with E-state index in [0.717, 1.165) is 9.35 Å². The Bertz CT molecular complexity index is 577. The van der Waals surface area contributed by atoms with Crippen molar-refractivity contribution in [1.82, 2.24) is 14.3 Å². The van der Waals surface area contributed by atoms with Gasteiger partial charge in [-0.1, -0.05) is 0 Å². The fraction of sp³-hybridized carbons (Fsp3) is 0.273. The van der Waals surface area contributed by atoms with Crippen LogP contribution in [-0.4, -0.2) is 41.4 Å². The zero-order valence-electron chi connectivity index (χ0n) is 9.77. The number of carbonyl (C=O) groups is 1. The quantitative estimate of drug-likeness (QED) is 0.778. The van der Waals surface area contributed by atoms with Crippen LogP contribution in [0.2, 0.25) is 0 Å². The first kappa shape index (κ1) is 12.2. The summed E-state index contributed by atoms with van der Waals surface area (Å²) in [5, 5.41) is 0. The van der Waals surface area contributed by atoms with E-state index >= 15 is 0 Å². The lowest BCUT2D eigenvalue weighted by Gasteiger charge is -2.13. The molecule has 0 aliphatic heterocycles. The SMILES string of the molecule is COc1cc2ncc(I)n2cc1C(=O)N(C)C. The topological polar surface area (TPSA) is 46.8 Å². The van der Waals surface area contributed by atoms with Crippen molar-refractivity contribution in [3.63, 3.8) is 0 Å². The number of aromatic nitrogens is 2. The van der Waals surface area contributed by atoms with Crippen molar-refractivity contribution in [3.8, 4) is 5.75 Å². The number of carbonyl (C=O) groups excluding carboxylic acids is 1. The smallest absolute Gasteiger partial charge is 0.258 e. The number of ether oxygens (including phenoxy) is 1. The summed E-state index contributed by atoms with van der Waals surface area (Å²) in [6.07, 6.45) is 3.50. The molecule has 2 rings (SSSR count). The van der Waals surface area contributed by atoms with Gasteiger partial charge in [0.1, 0.15) is 15.1 Å². The lowest BCUT2D eigenvalue weighted by atomic mass is 10.2. The van der Waals surface area contributed by atoms with Gasteiger partial charge in [-0.3, -0.25) is 9.20 Å². The molecule has 1 amide bonds. The highest BCUT2D eigenvalue weighted by Crippen LogP contribution is 2.23. The summed E-state index contributed by atoms with van der Waals surface area (Å²) in [4.78, 5) is 17.8. The van der Waals surface area contributed by atoms with Crippen molar-refractivity contribution in [2.24, 2.45) is 0 Å². The molecule has 2 aromatic heterocycles. The fourth-order valence-electron chi connectivity index (χ4n) is 1.55. The van der Waals surface area contributed by atoms with E-state index in [1.807, 2.05) is 4.40 Å². The molecule has 17 heavy (non-hydrogen) atoms. The van der Waals surface area contributed by atoms with Crippen LogP contribution in [0.5, 0.6) is 5.75 Å². The summed E-state index contributed by atoms with van der Waals surface area (Å²) in [6, 6.07) is 1.76. The maximum absolute atomic E-state index is 12.0. The Morgan fingerprint density at radius 1 is 1.53 bits per heavy atom. The number of fused-ring (bicyclic) bond motifs is 1. The lowest BCUT2D eigenvalue weighted by Crippen LogP contribution is -2.22. The van der Waals surface area contributed by atoms with Gasteiger partial charge >= 0.3 is 0 Å². The van der Waals surface area contributed by atoms with Crippen LogP contribution >= 0.6 is 22.6 Å². The Morgan fingerprint density at radius 3 is 2.82 bits per heavy atom. The molecule has 0 fully saturated rings. The largest absolute Gasteiger partial charge is 0.496 e. The monoisotopic (exact) mass is 345 g/mol. The van der Waals surface area contributed by atoms with Crippen LogP contribution in [0.25, 0.3) is 5.65 Å². The van der Waals surface area contributed by atoms with E-state index in [1.54, 1.807) is 39.7 Å². The number of rotatable bonds is 2. The van der Waals surface area contributed by atoms with E-state index in [2.05, 4.69) is 27.6 Å². The predicted octanol–water partition coefficient (Wildman–Crippen LogP) is 1.65. The van der Waals surface area contributed by atoms with E-state index < -0.39 is 0 Å². The summed E-state index contributed by atoms with van der Waals surface area (Å²) < 4.78 is 8.04. The van der Waals surface area contributed by atoms with Gasteiger partial charge in [0.2, 0.25) is 0 Å². The van der Waals surface area contributed by atoms with Crippen molar-refractivity contribution >= 4 is 34.1 Å². The molecule has 0 saturated heterocycles. The molecule has 90 valence electrons. The molecule has 0 saturated carbocycles. The number of pyridine rings is 1. The third kappa shape index (κ3) is 2.08. The minimum atomic E-state index is -0.0896. The van der Waals surface area contributed by atoms with Crippen LogP contribution in [0.4, 0.5) is 0 Å². The Balaban J connectivity index is 2.67. The summed E-state index contributed by atoms with van der Waals surface area (Å²) in [5.41, 5.74) is 1.29. The van der Waals surface area contributed by atoms with Crippen LogP contribution in [-0.2, 0) is 0 Å². The van der Waals surface area contributed by atoms with Crippen LogP contribution in [0.3, 0.4) is 0 Å². The zero-order chi connectivity index (χ0) is 12.6. The minimum Gasteiger partial charge on any atom is -0.496 e. The van der Waals surface area contributed by atoms with Gasteiger partial charge in [0.15, 0.2) is 0 Å². The zero-order valence-corrected chi connectivity index (χ0v) is 11.9. The van der Waals surface area contributed by atoms with Crippen LogP contribution in [0, 0.1) is 3.70 Å². The molecule has 0 radical (unpaired) electrons. The third-order valence-corrected chi connectivity index (χ3v) is 3.22. The molecule has 5 nitrogen and oxygen atoms in total. The van der Waals surface area contributed by atoms with E-state index in [-0.39, 0.29) is 5.91 Å². The predicted molar refractivity (Wildman–Crippen MR) is 72.5 cm³/mol. The number of methoxy groups -OCH3 is 1. The maximum Gasteiger partial charge on any atom is 0.258 e. The lowest BCUT2D eigenvalue weighted by molar-refractivity contribution is 0.0823. The standard InChI is InChI=1S/C11H12IN3O2/c1-14(2)11(16)7-6-15-9(12)5-13-10(15)4-8(7)17-3/h4-6H,1-3H3. The molecule has 0 unspecified atom stereocenters. The van der Waals surface area contributed by atoms with Gasteiger partial charge < -0.3 is 9.64 Å². The normalized spacial score (nSPS) is 10.6. The first-order valence-electron chi connectivity index (χ1n) is 4.97. The molecule has 0 aliphatic rings. The molecule has 2 aromatic rings. The van der Waals surface area contributed by atoms with Crippen molar-refractivity contribution < 1.29 is 9.53 Å². The molecule has 0 aliphatic carbocycles. The number of hydrogen-bond acceptors (Lipinski definition) is 3. The highest BCUT2D eigenvalue weighted by Gasteiger charge is 2.16. The summed E-state index contributed by atoms with van der Waals surface area (Å²) in [7, 11) is 4.97. The van der Waals surface area contributed by atoms with Crippen molar-refractivity contribution in [2.45, 2.75) is 0 Å². The number of hydrogen-bond donors (Lipinski definition) is 0. The van der Waals surface area contributed by atoms with E-state index in [0.29, 0.717) is 11.3 Å². The first-order chi connectivity index (χ1) is 8.04. The number of nitrogens with zero attached hydrogens (tertiary/aromatic N) is 3. The second kappa shape index (κ2) is 4.52. The summed E-state index contributed by atoms with van der Waals surface area (Å²) in [5.74, 6) is 0.450. The minimum absolute atomic E-state index is 0.0896. The summed E-state index contributed by atoms with van der Waals surface area (Å²) >= 11 is 2.17. The first-order valence-corrected chi connectivity index (χ1v) is 6.04. The Labute approximate surface area is 113 Å². The molecule has 6 heteroatoms. The van der Waals surface area contributed by atoms with Gasteiger partial charge in [-0.05, 0) is 22.6 Å². The van der Waals surface area contributed by atoms with E-state index in [1.165, 1.54) is 4.90 Å². The molecule has 0 aromatic carbocycles. The van der Waals surface area contributed by atoms with Crippen molar-refractivity contribution in [1.29, 1.82) is 0 Å².